The molecule has 0 fully saturated rings. The topological polar surface area (TPSA) is 46.5 Å². The molecule has 3 nitrogen and oxygen atoms in total. The number of esters is 1. The molecule has 0 saturated heterocycles. The Morgan fingerprint density at radius 2 is 2.00 bits per heavy atom. The van der Waals surface area contributed by atoms with E-state index in [1.165, 1.54) is 0 Å². The number of carbonyl (C=O) groups excluding carboxylic acids is 1. The number of benzene rings is 1. The minimum Gasteiger partial charge on any atom is -0.459 e. The van der Waals surface area contributed by atoms with Gasteiger partial charge in [0.05, 0.1) is 0 Å². The minimum atomic E-state index is -1.02. The number of aliphatic hydroxyl groups is 1. The second-order valence-electron chi connectivity index (χ2n) is 3.92. The average Bonchev–Trinajstić information content (AvgIpc) is 2.35. The summed E-state index contributed by atoms with van der Waals surface area (Å²) in [5, 5.41) is 9.59. The van der Waals surface area contributed by atoms with Crippen LogP contribution in [-0.2, 0) is 16.1 Å². The highest BCUT2D eigenvalue weighted by Gasteiger charge is 2.22. The Kier molecular flexibility index (Phi) is 4.99. The number of hydrogen-bond acceptors (Lipinski definition) is 3. The van der Waals surface area contributed by atoms with Gasteiger partial charge in [-0.1, -0.05) is 50.6 Å². The molecule has 1 rings (SSSR count). The Hall–Kier alpha value is -1.35. The fourth-order valence-corrected chi connectivity index (χ4v) is 1.27. The van der Waals surface area contributed by atoms with E-state index < -0.39 is 12.1 Å². The Balaban J connectivity index is 2.41. The first kappa shape index (κ1) is 12.7. The normalized spacial score (nSPS) is 14.2. The third-order valence-electron chi connectivity index (χ3n) is 2.65. The molecule has 0 amide bonds. The fourth-order valence-electron chi connectivity index (χ4n) is 1.27. The lowest BCUT2D eigenvalue weighted by Crippen LogP contribution is -2.29. The summed E-state index contributed by atoms with van der Waals surface area (Å²) in [6.45, 7) is 3.97. The molecule has 88 valence electrons. The molecule has 0 aliphatic rings. The lowest BCUT2D eigenvalue weighted by Gasteiger charge is -2.15. The molecule has 1 N–H and O–H groups in total. The van der Waals surface area contributed by atoms with Crippen LogP contribution in [0.25, 0.3) is 0 Å². The van der Waals surface area contributed by atoms with Crippen molar-refractivity contribution in [1.29, 1.82) is 0 Å². The van der Waals surface area contributed by atoms with Gasteiger partial charge in [-0.05, 0) is 11.5 Å². The summed E-state index contributed by atoms with van der Waals surface area (Å²) in [5.74, 6) is -0.610. The van der Waals surface area contributed by atoms with Gasteiger partial charge in [-0.3, -0.25) is 0 Å². The number of ether oxygens (including phenoxy) is 1. The average molecular weight is 222 g/mol. The highest BCUT2D eigenvalue weighted by atomic mass is 16.5. The summed E-state index contributed by atoms with van der Waals surface area (Å²) in [7, 11) is 0. The predicted octanol–water partition coefficient (Wildman–Crippen LogP) is 2.14. The van der Waals surface area contributed by atoms with E-state index in [9.17, 15) is 9.90 Å². The maximum Gasteiger partial charge on any atom is 0.335 e. The zero-order valence-electron chi connectivity index (χ0n) is 9.72. The molecule has 2 atom stereocenters. The van der Waals surface area contributed by atoms with Gasteiger partial charge in [-0.2, -0.15) is 0 Å². The summed E-state index contributed by atoms with van der Waals surface area (Å²) in [5.41, 5.74) is 0.923. The Labute approximate surface area is 96.1 Å². The van der Waals surface area contributed by atoms with E-state index in [4.69, 9.17) is 4.74 Å². The lowest BCUT2D eigenvalue weighted by atomic mass is 10.0. The van der Waals surface area contributed by atoms with E-state index >= 15 is 0 Å². The van der Waals surface area contributed by atoms with E-state index in [0.717, 1.165) is 12.0 Å². The molecule has 0 aliphatic carbocycles. The van der Waals surface area contributed by atoms with Crippen LogP contribution in [0.2, 0.25) is 0 Å². The molecule has 0 bridgehead atoms. The van der Waals surface area contributed by atoms with Crippen LogP contribution in [0.15, 0.2) is 30.3 Å². The van der Waals surface area contributed by atoms with Crippen molar-refractivity contribution in [3.8, 4) is 0 Å². The van der Waals surface area contributed by atoms with Gasteiger partial charge in [0.25, 0.3) is 0 Å². The van der Waals surface area contributed by atoms with Crippen LogP contribution in [0.1, 0.15) is 25.8 Å². The summed E-state index contributed by atoms with van der Waals surface area (Å²) >= 11 is 0. The molecular formula is C13H18O3. The van der Waals surface area contributed by atoms with Crippen LogP contribution < -0.4 is 0 Å². The molecule has 0 aliphatic heterocycles. The quantitative estimate of drug-likeness (QED) is 0.776. The highest BCUT2D eigenvalue weighted by molar-refractivity contribution is 5.74. The Bertz CT molecular complexity index is 321. The van der Waals surface area contributed by atoms with Crippen LogP contribution >= 0.6 is 0 Å². The first-order chi connectivity index (χ1) is 7.65. The zero-order valence-corrected chi connectivity index (χ0v) is 9.72. The molecule has 1 aromatic rings. The lowest BCUT2D eigenvalue weighted by molar-refractivity contribution is -0.157. The predicted molar refractivity (Wildman–Crippen MR) is 61.7 cm³/mol. The van der Waals surface area contributed by atoms with Gasteiger partial charge >= 0.3 is 5.97 Å². The van der Waals surface area contributed by atoms with Crippen molar-refractivity contribution in [1.82, 2.24) is 0 Å². The molecule has 0 aromatic heterocycles. The van der Waals surface area contributed by atoms with Crippen molar-refractivity contribution < 1.29 is 14.6 Å². The van der Waals surface area contributed by atoms with Gasteiger partial charge in [0.15, 0.2) is 6.10 Å². The van der Waals surface area contributed by atoms with Crippen LogP contribution in [-0.4, -0.2) is 17.2 Å². The summed E-state index contributed by atoms with van der Waals surface area (Å²) in [6.07, 6.45) is -0.268. The zero-order chi connectivity index (χ0) is 12.0. The molecule has 1 aromatic carbocycles. The van der Waals surface area contributed by atoms with E-state index in [1.807, 2.05) is 44.2 Å². The molecule has 16 heavy (non-hydrogen) atoms. The molecular weight excluding hydrogens is 204 g/mol. The van der Waals surface area contributed by atoms with Gasteiger partial charge < -0.3 is 9.84 Å². The van der Waals surface area contributed by atoms with E-state index in [0.29, 0.717) is 0 Å². The number of aliphatic hydroxyl groups excluding tert-OH is 1. The summed E-state index contributed by atoms with van der Waals surface area (Å²) in [4.78, 5) is 11.4. The fraction of sp³-hybridized carbons (Fsp3) is 0.462. The molecule has 0 radical (unpaired) electrons. The maximum absolute atomic E-state index is 11.4. The van der Waals surface area contributed by atoms with Crippen molar-refractivity contribution in [2.75, 3.05) is 0 Å². The SMILES string of the molecule is CCC(C)C(O)C(=O)OCc1ccccc1. The maximum atomic E-state index is 11.4. The van der Waals surface area contributed by atoms with Crippen molar-refractivity contribution in [2.45, 2.75) is 33.0 Å². The van der Waals surface area contributed by atoms with E-state index in [1.54, 1.807) is 0 Å². The van der Waals surface area contributed by atoms with Crippen molar-refractivity contribution in [3.05, 3.63) is 35.9 Å². The van der Waals surface area contributed by atoms with E-state index in [-0.39, 0.29) is 12.5 Å². The largest absolute Gasteiger partial charge is 0.459 e. The van der Waals surface area contributed by atoms with Gasteiger partial charge in [0.2, 0.25) is 0 Å². The van der Waals surface area contributed by atoms with E-state index in [2.05, 4.69) is 0 Å². The van der Waals surface area contributed by atoms with Crippen LogP contribution in [0, 0.1) is 5.92 Å². The molecule has 3 heteroatoms. The third-order valence-corrected chi connectivity index (χ3v) is 2.65. The second kappa shape index (κ2) is 6.28. The minimum absolute atomic E-state index is 0.0664. The van der Waals surface area contributed by atoms with Crippen LogP contribution in [0.4, 0.5) is 0 Å². The van der Waals surface area contributed by atoms with Crippen LogP contribution in [0.5, 0.6) is 0 Å². The van der Waals surface area contributed by atoms with Gasteiger partial charge in [0, 0.05) is 0 Å². The summed E-state index contributed by atoms with van der Waals surface area (Å²) in [6, 6.07) is 9.42. The molecule has 0 spiro atoms. The Morgan fingerprint density at radius 1 is 1.38 bits per heavy atom. The first-order valence-corrected chi connectivity index (χ1v) is 5.53. The summed E-state index contributed by atoms with van der Waals surface area (Å²) < 4.78 is 5.02. The number of rotatable bonds is 5. The first-order valence-electron chi connectivity index (χ1n) is 5.53. The van der Waals surface area contributed by atoms with Gasteiger partial charge in [0.1, 0.15) is 6.61 Å². The number of hydrogen-bond donors (Lipinski definition) is 1. The smallest absolute Gasteiger partial charge is 0.335 e. The van der Waals surface area contributed by atoms with Crippen LogP contribution in [0.3, 0.4) is 0 Å². The van der Waals surface area contributed by atoms with Crippen molar-refractivity contribution >= 4 is 5.97 Å². The highest BCUT2D eigenvalue weighted by Crippen LogP contribution is 2.10. The van der Waals surface area contributed by atoms with Gasteiger partial charge in [-0.25, -0.2) is 4.79 Å². The third kappa shape index (κ3) is 3.66. The molecule has 0 heterocycles. The second-order valence-corrected chi connectivity index (χ2v) is 3.92. The Morgan fingerprint density at radius 3 is 2.56 bits per heavy atom. The standard InChI is InChI=1S/C13H18O3/c1-3-10(2)12(14)13(15)16-9-11-7-5-4-6-8-11/h4-8,10,12,14H,3,9H2,1-2H3. The van der Waals surface area contributed by atoms with Crippen molar-refractivity contribution in [2.24, 2.45) is 5.92 Å². The molecule has 0 saturated carbocycles. The molecule has 2 unspecified atom stereocenters. The van der Waals surface area contributed by atoms with Crippen molar-refractivity contribution in [3.63, 3.8) is 0 Å². The number of carbonyl (C=O) groups is 1. The monoisotopic (exact) mass is 222 g/mol. The van der Waals surface area contributed by atoms with Gasteiger partial charge in [-0.15, -0.1) is 0 Å².